The summed E-state index contributed by atoms with van der Waals surface area (Å²) in [6.45, 7) is 6.68. The number of ether oxygens (including phenoxy) is 2. The fraction of sp³-hybridized carbons (Fsp3) is 0.800. The van der Waals surface area contributed by atoms with Crippen molar-refractivity contribution in [3.8, 4) is 0 Å². The zero-order chi connectivity index (χ0) is 14.7. The van der Waals surface area contributed by atoms with Crippen LogP contribution in [0.3, 0.4) is 0 Å². The molecular weight excluding hydrogens is 286 g/mol. The van der Waals surface area contributed by atoms with Crippen LogP contribution in [0.25, 0.3) is 0 Å². The van der Waals surface area contributed by atoms with Gasteiger partial charge in [-0.3, -0.25) is 0 Å². The molecule has 3 rings (SSSR count). The number of thiazole rings is 1. The van der Waals surface area contributed by atoms with Crippen LogP contribution in [0.5, 0.6) is 0 Å². The molecule has 1 aromatic rings. The van der Waals surface area contributed by atoms with Crippen LogP contribution in [0, 0.1) is 0 Å². The van der Waals surface area contributed by atoms with Crippen molar-refractivity contribution in [3.05, 3.63) is 10.6 Å². The van der Waals surface area contributed by atoms with E-state index in [-0.39, 0.29) is 0 Å². The van der Waals surface area contributed by atoms with Gasteiger partial charge in [-0.05, 0) is 25.8 Å². The Bertz CT molecular complexity index is 454. The molecule has 0 saturated carbocycles. The van der Waals surface area contributed by atoms with Crippen molar-refractivity contribution in [3.63, 3.8) is 0 Å². The fourth-order valence-electron chi connectivity index (χ4n) is 3.04. The molecule has 118 valence electrons. The van der Waals surface area contributed by atoms with Gasteiger partial charge in [0.1, 0.15) is 0 Å². The Labute approximate surface area is 130 Å². The van der Waals surface area contributed by atoms with Crippen molar-refractivity contribution < 1.29 is 9.47 Å². The number of aromatic nitrogens is 1. The molecule has 1 aromatic heterocycles. The SMILES string of the molecule is CCCNCc1sc(N2CC3CCC(C2)O3)nc1COC. The summed E-state index contributed by atoms with van der Waals surface area (Å²) in [6.07, 6.45) is 4.35. The number of nitrogens with one attached hydrogen (secondary N) is 1. The average molecular weight is 311 g/mol. The summed E-state index contributed by atoms with van der Waals surface area (Å²) in [5, 5.41) is 4.60. The van der Waals surface area contributed by atoms with Crippen LogP contribution in [-0.4, -0.2) is 43.9 Å². The summed E-state index contributed by atoms with van der Waals surface area (Å²) in [7, 11) is 1.73. The lowest BCUT2D eigenvalue weighted by Gasteiger charge is -2.31. The van der Waals surface area contributed by atoms with Crippen LogP contribution in [0.15, 0.2) is 0 Å². The first-order chi connectivity index (χ1) is 10.3. The molecule has 0 radical (unpaired) electrons. The zero-order valence-electron chi connectivity index (χ0n) is 12.9. The maximum Gasteiger partial charge on any atom is 0.186 e. The average Bonchev–Trinajstić information content (AvgIpc) is 3.03. The van der Waals surface area contributed by atoms with E-state index in [1.807, 2.05) is 0 Å². The molecule has 2 fully saturated rings. The Kier molecular flexibility index (Phi) is 5.11. The van der Waals surface area contributed by atoms with Crippen molar-refractivity contribution in [2.75, 3.05) is 31.6 Å². The number of hydrogen-bond donors (Lipinski definition) is 1. The third kappa shape index (κ3) is 3.56. The summed E-state index contributed by atoms with van der Waals surface area (Å²) in [5.74, 6) is 0. The number of rotatable bonds is 7. The van der Waals surface area contributed by atoms with Gasteiger partial charge in [0.25, 0.3) is 0 Å². The Morgan fingerprint density at radius 3 is 2.81 bits per heavy atom. The molecule has 1 N–H and O–H groups in total. The maximum atomic E-state index is 5.91. The van der Waals surface area contributed by atoms with E-state index < -0.39 is 0 Å². The minimum absolute atomic E-state index is 0.403. The second-order valence-electron chi connectivity index (χ2n) is 5.84. The fourth-order valence-corrected chi connectivity index (χ4v) is 4.09. The highest BCUT2D eigenvalue weighted by molar-refractivity contribution is 7.15. The van der Waals surface area contributed by atoms with Crippen LogP contribution in [-0.2, 0) is 22.6 Å². The number of fused-ring (bicyclic) bond motifs is 2. The molecule has 0 amide bonds. The third-order valence-corrected chi connectivity index (χ3v) is 5.23. The van der Waals surface area contributed by atoms with Gasteiger partial charge in [0.05, 0.1) is 24.5 Å². The predicted molar refractivity (Wildman–Crippen MR) is 84.9 cm³/mol. The van der Waals surface area contributed by atoms with Gasteiger partial charge in [-0.25, -0.2) is 4.98 Å². The number of hydrogen-bond acceptors (Lipinski definition) is 6. The van der Waals surface area contributed by atoms with Crippen molar-refractivity contribution in [2.24, 2.45) is 0 Å². The molecule has 3 heterocycles. The highest BCUT2D eigenvalue weighted by Gasteiger charge is 2.35. The summed E-state index contributed by atoms with van der Waals surface area (Å²) >= 11 is 1.81. The second-order valence-corrected chi connectivity index (χ2v) is 6.90. The minimum atomic E-state index is 0.403. The predicted octanol–water partition coefficient (Wildman–Crippen LogP) is 2.16. The molecule has 21 heavy (non-hydrogen) atoms. The quantitative estimate of drug-likeness (QED) is 0.782. The lowest BCUT2D eigenvalue weighted by atomic mass is 10.2. The topological polar surface area (TPSA) is 46.6 Å². The highest BCUT2D eigenvalue weighted by Crippen LogP contribution is 2.33. The summed E-state index contributed by atoms with van der Waals surface area (Å²) in [4.78, 5) is 8.53. The van der Waals surface area contributed by atoms with E-state index in [1.165, 1.54) is 17.7 Å². The zero-order valence-corrected chi connectivity index (χ0v) is 13.7. The molecule has 0 aromatic carbocycles. The van der Waals surface area contributed by atoms with E-state index in [4.69, 9.17) is 14.5 Å². The Morgan fingerprint density at radius 2 is 2.14 bits per heavy atom. The lowest BCUT2D eigenvalue weighted by molar-refractivity contribution is 0.0304. The molecule has 2 bridgehead atoms. The van der Waals surface area contributed by atoms with Gasteiger partial charge in [0.15, 0.2) is 5.13 Å². The van der Waals surface area contributed by atoms with Crippen LogP contribution in [0.2, 0.25) is 0 Å². The Morgan fingerprint density at radius 1 is 1.38 bits per heavy atom. The van der Waals surface area contributed by atoms with Crippen molar-refractivity contribution in [2.45, 2.75) is 51.5 Å². The number of nitrogens with zero attached hydrogens (tertiary/aromatic N) is 2. The van der Waals surface area contributed by atoms with Crippen molar-refractivity contribution in [1.82, 2.24) is 10.3 Å². The Hall–Kier alpha value is -0.690. The molecule has 2 atom stereocenters. The summed E-state index contributed by atoms with van der Waals surface area (Å²) in [5.41, 5.74) is 1.08. The van der Waals surface area contributed by atoms with E-state index in [2.05, 4.69) is 17.1 Å². The first-order valence-electron chi connectivity index (χ1n) is 7.88. The smallest absolute Gasteiger partial charge is 0.186 e. The number of morpholine rings is 1. The van der Waals surface area contributed by atoms with Gasteiger partial charge in [-0.15, -0.1) is 11.3 Å². The largest absolute Gasteiger partial charge is 0.378 e. The normalized spacial score (nSPS) is 24.8. The van der Waals surface area contributed by atoms with Gasteiger partial charge >= 0.3 is 0 Å². The van der Waals surface area contributed by atoms with Crippen molar-refractivity contribution in [1.29, 1.82) is 0 Å². The molecule has 2 unspecified atom stereocenters. The van der Waals surface area contributed by atoms with E-state index in [9.17, 15) is 0 Å². The van der Waals surface area contributed by atoms with Crippen LogP contribution >= 0.6 is 11.3 Å². The molecule has 2 aliphatic heterocycles. The third-order valence-electron chi connectivity index (χ3n) is 4.07. The number of methoxy groups -OCH3 is 1. The van der Waals surface area contributed by atoms with Gasteiger partial charge < -0.3 is 19.7 Å². The number of anilines is 1. The molecule has 6 heteroatoms. The monoisotopic (exact) mass is 311 g/mol. The molecule has 5 nitrogen and oxygen atoms in total. The Balaban J connectivity index is 1.71. The molecule has 2 aliphatic rings. The van der Waals surface area contributed by atoms with E-state index in [0.29, 0.717) is 18.8 Å². The highest BCUT2D eigenvalue weighted by atomic mass is 32.1. The standard InChI is InChI=1S/C15H25N3O2S/c1-3-6-16-7-14-13(10-19-2)17-15(21-14)18-8-11-4-5-12(9-18)20-11/h11-12,16H,3-10H2,1-2H3. The van der Waals surface area contributed by atoms with E-state index >= 15 is 0 Å². The van der Waals surface area contributed by atoms with Crippen LogP contribution in [0.4, 0.5) is 5.13 Å². The molecular formula is C15H25N3O2S. The summed E-state index contributed by atoms with van der Waals surface area (Å²) in [6, 6.07) is 0. The van der Waals surface area contributed by atoms with E-state index in [1.54, 1.807) is 18.4 Å². The van der Waals surface area contributed by atoms with Gasteiger partial charge in [-0.2, -0.15) is 0 Å². The van der Waals surface area contributed by atoms with Gasteiger partial charge in [0.2, 0.25) is 0 Å². The summed E-state index contributed by atoms with van der Waals surface area (Å²) < 4.78 is 11.2. The van der Waals surface area contributed by atoms with Crippen LogP contribution < -0.4 is 10.2 Å². The second kappa shape index (κ2) is 7.05. The molecule has 2 saturated heterocycles. The first kappa shape index (κ1) is 15.2. The lowest BCUT2D eigenvalue weighted by Crippen LogP contribution is -2.42. The van der Waals surface area contributed by atoms with Crippen LogP contribution in [0.1, 0.15) is 36.8 Å². The maximum absolute atomic E-state index is 5.91. The van der Waals surface area contributed by atoms with Gasteiger partial charge in [0, 0.05) is 31.6 Å². The van der Waals surface area contributed by atoms with Crippen molar-refractivity contribution >= 4 is 16.5 Å². The molecule has 0 spiro atoms. The first-order valence-corrected chi connectivity index (χ1v) is 8.70. The minimum Gasteiger partial charge on any atom is -0.378 e. The van der Waals surface area contributed by atoms with Gasteiger partial charge in [-0.1, -0.05) is 6.92 Å². The van der Waals surface area contributed by atoms with E-state index in [0.717, 1.165) is 43.4 Å². The molecule has 0 aliphatic carbocycles.